The molecule has 0 saturated carbocycles. The quantitative estimate of drug-likeness (QED) is 0.296. The summed E-state index contributed by atoms with van der Waals surface area (Å²) in [5.41, 5.74) is 1.88. The highest BCUT2D eigenvalue weighted by Crippen LogP contribution is 2.42. The second kappa shape index (κ2) is 11.6. The first-order chi connectivity index (χ1) is 16.0. The first kappa shape index (κ1) is 25.2. The fourth-order valence-electron chi connectivity index (χ4n) is 4.38. The van der Waals surface area contributed by atoms with Crippen LogP contribution in [0.5, 0.6) is 0 Å². The molecule has 0 aromatic carbocycles. The molecule has 2 heterocycles. The van der Waals surface area contributed by atoms with Gasteiger partial charge in [-0.25, -0.2) is 4.79 Å². The molecule has 33 heavy (non-hydrogen) atoms. The standard InChI is InChI=1S/C26H36N2O4S/c1-5-9-12-21-20(23(24(29)31-7-3)28(27-21)17-6-2)18-19-13-14-22(33-19)26(15-10-11-16-26)25(30)32-8-4/h10-11,13-14H,5-9,12,15-18H2,1-4H3. The lowest BCUT2D eigenvalue weighted by molar-refractivity contribution is -0.149. The van der Waals surface area contributed by atoms with Crippen molar-refractivity contribution in [3.05, 3.63) is 51.0 Å². The summed E-state index contributed by atoms with van der Waals surface area (Å²) in [4.78, 5) is 27.9. The largest absolute Gasteiger partial charge is 0.465 e. The van der Waals surface area contributed by atoms with Gasteiger partial charge in [-0.05, 0) is 58.1 Å². The number of esters is 2. The van der Waals surface area contributed by atoms with Crippen LogP contribution in [0.3, 0.4) is 0 Å². The maximum atomic E-state index is 12.9. The molecule has 0 amide bonds. The van der Waals surface area contributed by atoms with Crippen LogP contribution in [0.1, 0.15) is 91.3 Å². The van der Waals surface area contributed by atoms with E-state index in [1.54, 1.807) is 11.3 Å². The number of carbonyl (C=O) groups excluding carboxylic acids is 2. The smallest absolute Gasteiger partial charge is 0.356 e. The van der Waals surface area contributed by atoms with Crippen LogP contribution in [0.15, 0.2) is 24.3 Å². The third-order valence-corrected chi connectivity index (χ3v) is 7.34. The first-order valence-electron chi connectivity index (χ1n) is 12.2. The molecule has 180 valence electrons. The molecule has 0 radical (unpaired) electrons. The number of hydrogen-bond donors (Lipinski definition) is 0. The van der Waals surface area contributed by atoms with Crippen LogP contribution in [0.4, 0.5) is 0 Å². The van der Waals surface area contributed by atoms with Crippen molar-refractivity contribution in [3.8, 4) is 0 Å². The summed E-state index contributed by atoms with van der Waals surface area (Å²) in [6.45, 7) is 9.30. The summed E-state index contributed by atoms with van der Waals surface area (Å²) in [5, 5.41) is 4.82. The van der Waals surface area contributed by atoms with Gasteiger partial charge in [0.15, 0.2) is 0 Å². The molecule has 0 fully saturated rings. The first-order valence-corrected chi connectivity index (χ1v) is 13.0. The van der Waals surface area contributed by atoms with E-state index in [0.717, 1.165) is 46.7 Å². The van der Waals surface area contributed by atoms with E-state index in [0.29, 0.717) is 44.7 Å². The second-order valence-electron chi connectivity index (χ2n) is 8.45. The molecule has 1 aliphatic rings. The van der Waals surface area contributed by atoms with Gasteiger partial charge < -0.3 is 9.47 Å². The Kier molecular flexibility index (Phi) is 8.89. The molecule has 0 spiro atoms. The van der Waals surface area contributed by atoms with Crippen molar-refractivity contribution in [3.63, 3.8) is 0 Å². The van der Waals surface area contributed by atoms with E-state index in [2.05, 4.69) is 38.1 Å². The number of unbranched alkanes of at least 4 members (excludes halogenated alkanes) is 1. The number of nitrogens with zero attached hydrogens (tertiary/aromatic N) is 2. The Morgan fingerprint density at radius 2 is 1.79 bits per heavy atom. The highest BCUT2D eigenvalue weighted by atomic mass is 32.1. The molecule has 0 N–H and O–H groups in total. The van der Waals surface area contributed by atoms with E-state index < -0.39 is 5.41 Å². The maximum absolute atomic E-state index is 12.9. The van der Waals surface area contributed by atoms with E-state index >= 15 is 0 Å². The van der Waals surface area contributed by atoms with Crippen molar-refractivity contribution in [1.82, 2.24) is 9.78 Å². The molecular formula is C26H36N2O4S. The average Bonchev–Trinajstić information content (AvgIpc) is 3.53. The molecule has 0 aliphatic heterocycles. The highest BCUT2D eigenvalue weighted by molar-refractivity contribution is 7.12. The number of thiophene rings is 1. The molecule has 0 saturated heterocycles. The van der Waals surface area contributed by atoms with Crippen LogP contribution >= 0.6 is 11.3 Å². The van der Waals surface area contributed by atoms with Gasteiger partial charge >= 0.3 is 11.9 Å². The lowest BCUT2D eigenvalue weighted by atomic mass is 9.84. The molecule has 2 aromatic heterocycles. The summed E-state index contributed by atoms with van der Waals surface area (Å²) >= 11 is 1.64. The van der Waals surface area contributed by atoms with Gasteiger partial charge in [-0.2, -0.15) is 5.10 Å². The molecule has 7 heteroatoms. The molecular weight excluding hydrogens is 436 g/mol. The van der Waals surface area contributed by atoms with Gasteiger partial charge in [0.05, 0.1) is 18.9 Å². The Bertz CT molecular complexity index is 981. The highest BCUT2D eigenvalue weighted by Gasteiger charge is 2.43. The van der Waals surface area contributed by atoms with Crippen molar-refractivity contribution in [2.45, 2.75) is 84.6 Å². The topological polar surface area (TPSA) is 70.4 Å². The van der Waals surface area contributed by atoms with E-state index in [9.17, 15) is 9.59 Å². The predicted molar refractivity (Wildman–Crippen MR) is 131 cm³/mol. The van der Waals surface area contributed by atoms with Crippen LogP contribution in [-0.4, -0.2) is 34.9 Å². The van der Waals surface area contributed by atoms with E-state index in [1.165, 1.54) is 0 Å². The molecule has 3 rings (SSSR count). The number of allylic oxidation sites excluding steroid dienone is 2. The van der Waals surface area contributed by atoms with Gasteiger partial charge in [-0.15, -0.1) is 11.3 Å². The summed E-state index contributed by atoms with van der Waals surface area (Å²) in [5.74, 6) is -0.467. The fraction of sp³-hybridized carbons (Fsp3) is 0.577. The van der Waals surface area contributed by atoms with Gasteiger partial charge in [-0.3, -0.25) is 9.48 Å². The zero-order chi connectivity index (χ0) is 23.8. The summed E-state index contributed by atoms with van der Waals surface area (Å²) < 4.78 is 12.7. The fourth-order valence-corrected chi connectivity index (χ4v) is 5.59. The third-order valence-electron chi connectivity index (χ3n) is 6.05. The predicted octanol–water partition coefficient (Wildman–Crippen LogP) is 5.62. The molecule has 0 bridgehead atoms. The van der Waals surface area contributed by atoms with Crippen molar-refractivity contribution in [2.75, 3.05) is 13.2 Å². The van der Waals surface area contributed by atoms with Gasteiger partial charge in [0.1, 0.15) is 11.1 Å². The normalized spacial score (nSPS) is 14.5. The lowest BCUT2D eigenvalue weighted by Crippen LogP contribution is -2.34. The Morgan fingerprint density at radius 3 is 2.42 bits per heavy atom. The van der Waals surface area contributed by atoms with Crippen LogP contribution in [-0.2, 0) is 39.1 Å². The Hall–Kier alpha value is -2.41. The maximum Gasteiger partial charge on any atom is 0.356 e. The van der Waals surface area contributed by atoms with Crippen LogP contribution in [0.25, 0.3) is 0 Å². The Labute approximate surface area is 201 Å². The minimum atomic E-state index is -0.625. The van der Waals surface area contributed by atoms with Gasteiger partial charge in [0, 0.05) is 28.3 Å². The zero-order valence-electron chi connectivity index (χ0n) is 20.3. The van der Waals surface area contributed by atoms with Crippen LogP contribution in [0.2, 0.25) is 0 Å². The van der Waals surface area contributed by atoms with Crippen molar-refractivity contribution in [2.24, 2.45) is 0 Å². The number of aryl methyl sites for hydroxylation is 2. The van der Waals surface area contributed by atoms with E-state index in [-0.39, 0.29) is 11.9 Å². The van der Waals surface area contributed by atoms with Crippen molar-refractivity contribution < 1.29 is 19.1 Å². The Morgan fingerprint density at radius 1 is 1.06 bits per heavy atom. The number of rotatable bonds is 12. The summed E-state index contributed by atoms with van der Waals surface area (Å²) in [6.07, 6.45) is 9.86. The Balaban J connectivity index is 1.97. The average molecular weight is 473 g/mol. The minimum absolute atomic E-state index is 0.157. The summed E-state index contributed by atoms with van der Waals surface area (Å²) in [7, 11) is 0. The monoisotopic (exact) mass is 472 g/mol. The molecule has 0 atom stereocenters. The van der Waals surface area contributed by atoms with Crippen LogP contribution in [0, 0.1) is 0 Å². The van der Waals surface area contributed by atoms with E-state index in [1.807, 2.05) is 18.5 Å². The van der Waals surface area contributed by atoms with Crippen molar-refractivity contribution in [1.29, 1.82) is 0 Å². The second-order valence-corrected chi connectivity index (χ2v) is 9.61. The SMILES string of the molecule is CCCCc1nn(CCC)c(C(=O)OCC)c1Cc1ccc(C2(C(=O)OCC)CC=CC2)s1. The number of hydrogen-bond acceptors (Lipinski definition) is 6. The summed E-state index contributed by atoms with van der Waals surface area (Å²) in [6, 6.07) is 4.13. The molecule has 0 unspecified atom stereocenters. The minimum Gasteiger partial charge on any atom is -0.465 e. The number of aromatic nitrogens is 2. The van der Waals surface area contributed by atoms with Gasteiger partial charge in [0.25, 0.3) is 0 Å². The number of ether oxygens (including phenoxy) is 2. The van der Waals surface area contributed by atoms with Gasteiger partial charge in [0.2, 0.25) is 0 Å². The molecule has 6 nitrogen and oxygen atoms in total. The van der Waals surface area contributed by atoms with Crippen LogP contribution < -0.4 is 0 Å². The molecule has 1 aliphatic carbocycles. The van der Waals surface area contributed by atoms with Crippen molar-refractivity contribution >= 4 is 23.3 Å². The third kappa shape index (κ3) is 5.40. The van der Waals surface area contributed by atoms with Gasteiger partial charge in [-0.1, -0.05) is 32.4 Å². The zero-order valence-corrected chi connectivity index (χ0v) is 21.1. The molecule has 2 aromatic rings. The number of carbonyl (C=O) groups is 2. The van der Waals surface area contributed by atoms with E-state index in [4.69, 9.17) is 14.6 Å². The lowest BCUT2D eigenvalue weighted by Gasteiger charge is -2.25.